The molecule has 1 aromatic rings. The first-order valence-corrected chi connectivity index (χ1v) is 8.81. The Bertz CT molecular complexity index is 663. The van der Waals surface area contributed by atoms with E-state index in [4.69, 9.17) is 4.74 Å². The van der Waals surface area contributed by atoms with Gasteiger partial charge in [0.1, 0.15) is 5.75 Å². The van der Waals surface area contributed by atoms with Crippen LogP contribution in [0.15, 0.2) is 34.8 Å². The summed E-state index contributed by atoms with van der Waals surface area (Å²) >= 11 is 3.46. The number of carbonyl (C=O) groups excluding carboxylic acids is 2. The number of hydrogen-bond acceptors (Lipinski definition) is 4. The van der Waals surface area contributed by atoms with Gasteiger partial charge in [-0.1, -0.05) is 28.1 Å². The van der Waals surface area contributed by atoms with Gasteiger partial charge in [0, 0.05) is 16.6 Å². The number of rotatable bonds is 5. The number of allylic oxidation sites excluding steroid dienone is 2. The molecule has 0 bridgehead atoms. The fourth-order valence-electron chi connectivity index (χ4n) is 3.46. The Morgan fingerprint density at radius 1 is 1.21 bits per heavy atom. The Morgan fingerprint density at radius 3 is 2.42 bits per heavy atom. The largest absolute Gasteiger partial charge is 0.496 e. The number of benzene rings is 1. The Kier molecular flexibility index (Phi) is 5.06. The molecule has 2 aliphatic rings. The van der Waals surface area contributed by atoms with Crippen LogP contribution in [0.1, 0.15) is 18.4 Å². The van der Waals surface area contributed by atoms with Crippen LogP contribution in [0.4, 0.5) is 0 Å². The van der Waals surface area contributed by atoms with Crippen molar-refractivity contribution >= 4 is 27.7 Å². The Morgan fingerprint density at radius 2 is 1.83 bits per heavy atom. The predicted octanol–water partition coefficient (Wildman–Crippen LogP) is 2.80. The molecule has 0 N–H and O–H groups in total. The van der Waals surface area contributed by atoms with Gasteiger partial charge in [-0.2, -0.15) is 0 Å². The van der Waals surface area contributed by atoms with E-state index in [0.29, 0.717) is 26.1 Å². The Hall–Kier alpha value is -1.66. The van der Waals surface area contributed by atoms with Crippen LogP contribution in [-0.4, -0.2) is 42.4 Å². The molecule has 1 heterocycles. The molecule has 0 radical (unpaired) electrons. The zero-order valence-electron chi connectivity index (χ0n) is 13.9. The average Bonchev–Trinajstić information content (AvgIpc) is 2.80. The van der Waals surface area contributed by atoms with Crippen molar-refractivity contribution in [1.29, 1.82) is 0 Å². The molecule has 2 amide bonds. The highest BCUT2D eigenvalue weighted by Gasteiger charge is 2.47. The second kappa shape index (κ2) is 7.07. The van der Waals surface area contributed by atoms with Crippen LogP contribution < -0.4 is 4.74 Å². The molecule has 24 heavy (non-hydrogen) atoms. The van der Waals surface area contributed by atoms with E-state index in [1.165, 1.54) is 4.90 Å². The van der Waals surface area contributed by atoms with Gasteiger partial charge in [0.25, 0.3) is 0 Å². The number of ether oxygens (including phenoxy) is 1. The molecule has 1 aromatic carbocycles. The Balaban J connectivity index is 1.69. The summed E-state index contributed by atoms with van der Waals surface area (Å²) in [6.07, 6.45) is 5.36. The van der Waals surface area contributed by atoms with Crippen LogP contribution >= 0.6 is 15.9 Å². The number of carbonyl (C=O) groups is 2. The van der Waals surface area contributed by atoms with Crippen molar-refractivity contribution in [2.45, 2.75) is 19.4 Å². The fourth-order valence-corrected chi connectivity index (χ4v) is 3.87. The predicted molar refractivity (Wildman–Crippen MR) is 94.2 cm³/mol. The molecule has 1 aliphatic carbocycles. The van der Waals surface area contributed by atoms with E-state index >= 15 is 0 Å². The number of nitrogens with zero attached hydrogens (tertiary/aromatic N) is 2. The van der Waals surface area contributed by atoms with Crippen LogP contribution in [0.5, 0.6) is 5.75 Å². The molecule has 1 aliphatic heterocycles. The molecule has 1 saturated heterocycles. The van der Waals surface area contributed by atoms with E-state index in [1.54, 1.807) is 7.11 Å². The van der Waals surface area contributed by atoms with Crippen molar-refractivity contribution in [3.8, 4) is 5.75 Å². The number of likely N-dealkylation sites (tertiary alicyclic amines) is 1. The number of hydrogen-bond donors (Lipinski definition) is 0. The average molecular weight is 393 g/mol. The highest BCUT2D eigenvalue weighted by atomic mass is 79.9. The molecule has 6 heteroatoms. The molecular formula is C18H21BrN2O3. The van der Waals surface area contributed by atoms with E-state index in [-0.39, 0.29) is 23.7 Å². The topological polar surface area (TPSA) is 49.9 Å². The highest BCUT2D eigenvalue weighted by molar-refractivity contribution is 9.10. The minimum Gasteiger partial charge on any atom is -0.496 e. The molecule has 5 nitrogen and oxygen atoms in total. The van der Waals surface area contributed by atoms with Crippen LogP contribution in [0, 0.1) is 11.8 Å². The minimum absolute atomic E-state index is 0.0394. The second-order valence-corrected chi connectivity index (χ2v) is 7.29. The molecule has 1 fully saturated rings. The lowest BCUT2D eigenvalue weighted by molar-refractivity contribution is -0.142. The number of methoxy groups -OCH3 is 1. The summed E-state index contributed by atoms with van der Waals surface area (Å²) in [5.74, 6) is 0.374. The Labute approximate surface area is 150 Å². The SMILES string of the molecule is COc1ccc(Br)cc1CN(C)CN1C(=O)C2CC=CCC2C1=O. The summed E-state index contributed by atoms with van der Waals surface area (Å²) < 4.78 is 6.36. The van der Waals surface area contributed by atoms with E-state index in [1.807, 2.05) is 42.3 Å². The molecule has 2 atom stereocenters. The number of halogens is 1. The lowest BCUT2D eigenvalue weighted by atomic mass is 9.85. The first-order chi connectivity index (χ1) is 11.5. The number of amides is 2. The number of fused-ring (bicyclic) bond motifs is 1. The van der Waals surface area contributed by atoms with Gasteiger partial charge in [0.05, 0.1) is 25.6 Å². The molecular weight excluding hydrogens is 372 g/mol. The number of imide groups is 1. The molecule has 0 spiro atoms. The van der Waals surface area contributed by atoms with Gasteiger partial charge in [-0.3, -0.25) is 19.4 Å². The van der Waals surface area contributed by atoms with Crippen molar-refractivity contribution in [3.05, 3.63) is 40.4 Å². The van der Waals surface area contributed by atoms with E-state index < -0.39 is 0 Å². The van der Waals surface area contributed by atoms with E-state index in [0.717, 1.165) is 15.8 Å². The third-order valence-corrected chi connectivity index (χ3v) is 5.16. The standard InChI is InChI=1S/C18H21BrN2O3/c1-20(10-12-9-13(19)7-8-16(12)24-2)11-21-17(22)14-5-3-4-6-15(14)18(21)23/h3-4,7-9,14-15H,5-6,10-11H2,1-2H3. The van der Waals surface area contributed by atoms with Gasteiger partial charge in [-0.15, -0.1) is 0 Å². The smallest absolute Gasteiger partial charge is 0.234 e. The second-order valence-electron chi connectivity index (χ2n) is 6.37. The summed E-state index contributed by atoms with van der Waals surface area (Å²) in [5, 5.41) is 0. The molecule has 2 unspecified atom stereocenters. The fraction of sp³-hybridized carbons (Fsp3) is 0.444. The van der Waals surface area contributed by atoms with Crippen molar-refractivity contribution in [3.63, 3.8) is 0 Å². The third kappa shape index (κ3) is 3.26. The quantitative estimate of drug-likeness (QED) is 0.570. The summed E-state index contributed by atoms with van der Waals surface area (Å²) in [5.41, 5.74) is 1.01. The van der Waals surface area contributed by atoms with Crippen molar-refractivity contribution in [1.82, 2.24) is 9.80 Å². The van der Waals surface area contributed by atoms with E-state index in [2.05, 4.69) is 15.9 Å². The first kappa shape index (κ1) is 17.2. The van der Waals surface area contributed by atoms with Gasteiger partial charge in [0.15, 0.2) is 0 Å². The highest BCUT2D eigenvalue weighted by Crippen LogP contribution is 2.35. The van der Waals surface area contributed by atoms with Gasteiger partial charge in [-0.05, 0) is 38.1 Å². The zero-order chi connectivity index (χ0) is 17.3. The summed E-state index contributed by atoms with van der Waals surface area (Å²) in [6, 6.07) is 5.82. The van der Waals surface area contributed by atoms with Crippen LogP contribution in [0.2, 0.25) is 0 Å². The van der Waals surface area contributed by atoms with Crippen molar-refractivity contribution in [2.24, 2.45) is 11.8 Å². The monoisotopic (exact) mass is 392 g/mol. The van der Waals surface area contributed by atoms with Gasteiger partial charge in [-0.25, -0.2) is 0 Å². The third-order valence-electron chi connectivity index (χ3n) is 4.66. The van der Waals surface area contributed by atoms with Crippen molar-refractivity contribution in [2.75, 3.05) is 20.8 Å². The molecule has 0 saturated carbocycles. The molecule has 0 aromatic heterocycles. The van der Waals surface area contributed by atoms with Crippen LogP contribution in [0.25, 0.3) is 0 Å². The lowest BCUT2D eigenvalue weighted by Crippen LogP contribution is -2.40. The zero-order valence-corrected chi connectivity index (χ0v) is 15.5. The summed E-state index contributed by atoms with van der Waals surface area (Å²) in [4.78, 5) is 28.4. The lowest BCUT2D eigenvalue weighted by Gasteiger charge is -2.24. The van der Waals surface area contributed by atoms with Crippen LogP contribution in [0.3, 0.4) is 0 Å². The normalized spacial score (nSPS) is 23.1. The van der Waals surface area contributed by atoms with Gasteiger partial charge in [0.2, 0.25) is 11.8 Å². The molecule has 3 rings (SSSR count). The summed E-state index contributed by atoms with van der Waals surface area (Å²) in [7, 11) is 3.54. The first-order valence-electron chi connectivity index (χ1n) is 8.02. The van der Waals surface area contributed by atoms with Gasteiger partial charge < -0.3 is 4.74 Å². The van der Waals surface area contributed by atoms with Gasteiger partial charge >= 0.3 is 0 Å². The van der Waals surface area contributed by atoms with Crippen LogP contribution in [-0.2, 0) is 16.1 Å². The maximum absolute atomic E-state index is 12.5. The maximum Gasteiger partial charge on any atom is 0.234 e. The van der Waals surface area contributed by atoms with Crippen molar-refractivity contribution < 1.29 is 14.3 Å². The summed E-state index contributed by atoms with van der Waals surface area (Å²) in [6.45, 7) is 0.896. The minimum atomic E-state index is -0.170. The van der Waals surface area contributed by atoms with E-state index in [9.17, 15) is 9.59 Å². The maximum atomic E-state index is 12.5. The molecule has 128 valence electrons.